The van der Waals surface area contributed by atoms with Crippen LogP contribution < -0.4 is 20.8 Å². The molecule has 0 spiro atoms. The maximum Gasteiger partial charge on any atom is 0.492 e. The van der Waals surface area contributed by atoms with Crippen molar-refractivity contribution in [3.8, 4) is 11.5 Å². The van der Waals surface area contributed by atoms with Gasteiger partial charge >= 0.3 is 19.2 Å². The van der Waals surface area contributed by atoms with Crippen LogP contribution in [0.3, 0.4) is 0 Å². The maximum atomic E-state index is 13.8. The van der Waals surface area contributed by atoms with Crippen LogP contribution in [-0.4, -0.2) is 77.3 Å². The molecule has 0 radical (unpaired) electrons. The van der Waals surface area contributed by atoms with Gasteiger partial charge in [-0.3, -0.25) is 14.5 Å². The van der Waals surface area contributed by atoms with Gasteiger partial charge in [-0.05, 0) is 70.0 Å². The summed E-state index contributed by atoms with van der Waals surface area (Å²) < 4.78 is 16.6. The van der Waals surface area contributed by atoms with Gasteiger partial charge in [0.05, 0.1) is 10.7 Å². The molecule has 0 fully saturated rings. The van der Waals surface area contributed by atoms with Crippen LogP contribution in [0.1, 0.15) is 35.2 Å². The Bertz CT molecular complexity index is 1850. The lowest BCUT2D eigenvalue weighted by Gasteiger charge is -2.28. The summed E-state index contributed by atoms with van der Waals surface area (Å²) in [4.78, 5) is 54.2. The summed E-state index contributed by atoms with van der Waals surface area (Å²) in [6.45, 7) is 1.55. The third kappa shape index (κ3) is 10.9. The number of carbonyl (C=O) groups excluding carboxylic acids is 4. The van der Waals surface area contributed by atoms with E-state index in [0.717, 1.165) is 23.1 Å². The molecule has 0 aromatic heterocycles. The van der Waals surface area contributed by atoms with Crippen LogP contribution in [0.4, 0.5) is 4.79 Å². The second kappa shape index (κ2) is 18.9. The van der Waals surface area contributed by atoms with Gasteiger partial charge in [-0.2, -0.15) is 0 Å². The fourth-order valence-corrected chi connectivity index (χ4v) is 5.73. The summed E-state index contributed by atoms with van der Waals surface area (Å²) in [7, 11) is 0.655. The van der Waals surface area contributed by atoms with Gasteiger partial charge in [-0.25, -0.2) is 9.59 Å². The zero-order valence-corrected chi connectivity index (χ0v) is 30.9. The molecule has 3 unspecified atom stereocenters. The van der Waals surface area contributed by atoms with E-state index in [4.69, 9.17) is 14.2 Å². The molecule has 4 rings (SSSR count). The molecule has 0 saturated carbocycles. The molecule has 5 N–H and O–H groups in total. The number of ether oxygens (including phenoxy) is 3. The van der Waals surface area contributed by atoms with E-state index in [2.05, 4.69) is 10.6 Å². The Labute approximate surface area is 315 Å². The van der Waals surface area contributed by atoms with Crippen molar-refractivity contribution in [1.82, 2.24) is 15.5 Å². The fourth-order valence-electron chi connectivity index (χ4n) is 5.19. The Morgan fingerprint density at radius 2 is 1.46 bits per heavy atom. The summed E-state index contributed by atoms with van der Waals surface area (Å²) in [5, 5.41) is 35.4. The summed E-state index contributed by atoms with van der Waals surface area (Å²) >= 11 is 1.89. The number of aromatic hydroxyl groups is 1. The number of halogens is 1. The Morgan fingerprint density at radius 3 is 2.06 bits per heavy atom. The summed E-state index contributed by atoms with van der Waals surface area (Å²) in [5.74, 6) is -2.04. The van der Waals surface area contributed by atoms with Crippen molar-refractivity contribution in [3.05, 3.63) is 123 Å². The van der Waals surface area contributed by atoms with Crippen LogP contribution in [0.2, 0.25) is 0 Å². The highest BCUT2D eigenvalue weighted by Gasteiger charge is 2.33. The maximum absolute atomic E-state index is 13.8. The Morgan fingerprint density at radius 1 is 0.827 bits per heavy atom. The number of amides is 3. The predicted octanol–water partition coefficient (Wildman–Crippen LogP) is 2.97. The minimum absolute atomic E-state index is 0.0191. The molecule has 52 heavy (non-hydrogen) atoms. The summed E-state index contributed by atoms with van der Waals surface area (Å²) in [6, 6.07) is 23.6. The molecule has 3 amide bonds. The molecule has 0 aliphatic carbocycles. The highest BCUT2D eigenvalue weighted by Crippen LogP contribution is 2.28. The molecule has 4 aromatic rings. The SMILES string of the molecule is COC(=O)C(Cc1ccc(OCc2ccccc2)c(B(O)O)c1)NC(=O)C(C)NC(=O)C(c1ccc(O)c(I)c1)N(C)C(=O)OCc1ccccc1. The average Bonchev–Trinajstić information content (AvgIpc) is 3.14. The van der Waals surface area contributed by atoms with Crippen molar-refractivity contribution in [2.45, 2.75) is 44.7 Å². The van der Waals surface area contributed by atoms with E-state index in [1.54, 1.807) is 30.3 Å². The van der Waals surface area contributed by atoms with E-state index >= 15 is 0 Å². The number of benzene rings is 4. The molecule has 0 bridgehead atoms. The average molecular weight is 823 g/mol. The Hall–Kier alpha value is -5.13. The molecule has 0 aliphatic heterocycles. The number of likely N-dealkylation sites (N-methyl/N-ethyl adjacent to an activating group) is 1. The predicted molar refractivity (Wildman–Crippen MR) is 200 cm³/mol. The summed E-state index contributed by atoms with van der Waals surface area (Å²) in [6.07, 6.45) is -0.902. The van der Waals surface area contributed by atoms with E-state index < -0.39 is 49.1 Å². The van der Waals surface area contributed by atoms with Gasteiger partial charge in [0.1, 0.15) is 42.8 Å². The first-order valence-corrected chi connectivity index (χ1v) is 17.2. The molecule has 0 saturated heterocycles. The fraction of sp³-hybridized carbons (Fsp3) is 0.243. The second-order valence-electron chi connectivity index (χ2n) is 11.8. The minimum atomic E-state index is -1.88. The quantitative estimate of drug-likeness (QED) is 0.0679. The topological polar surface area (TPSA) is 184 Å². The van der Waals surface area contributed by atoms with E-state index in [1.807, 2.05) is 59.0 Å². The number of hydrogen-bond donors (Lipinski definition) is 5. The van der Waals surface area contributed by atoms with Crippen molar-refractivity contribution in [2.75, 3.05) is 14.2 Å². The molecule has 4 aromatic carbocycles. The Balaban J connectivity index is 1.47. The lowest BCUT2D eigenvalue weighted by Crippen LogP contribution is -2.53. The number of nitrogens with one attached hydrogen (secondary N) is 2. The molecule has 3 atom stereocenters. The molecule has 13 nitrogen and oxygen atoms in total. The number of methoxy groups -OCH3 is 1. The van der Waals surface area contributed by atoms with Crippen LogP contribution >= 0.6 is 22.6 Å². The second-order valence-corrected chi connectivity index (χ2v) is 13.0. The zero-order chi connectivity index (χ0) is 37.8. The van der Waals surface area contributed by atoms with Gasteiger partial charge in [0, 0.05) is 18.9 Å². The molecule has 272 valence electrons. The van der Waals surface area contributed by atoms with Crippen LogP contribution in [0.15, 0.2) is 97.1 Å². The van der Waals surface area contributed by atoms with Crippen molar-refractivity contribution in [3.63, 3.8) is 0 Å². The number of phenolic OH excluding ortho intramolecular Hbond substituents is 1. The molecule has 0 aliphatic rings. The number of rotatable bonds is 15. The minimum Gasteiger partial charge on any atom is -0.507 e. The standard InChI is InChI=1S/C37H39BIN3O10/c1-23(40-35(45)33(27-15-16-31(43)29(39)20-27)42(2)37(47)52-22-25-12-8-5-9-13-25)34(44)41-30(36(46)50-3)19-26-14-17-32(28(18-26)38(48)49)51-21-24-10-6-4-7-11-24/h4-18,20,23,30,33,43,48-49H,19,21-22H2,1-3H3,(H,40,45)(H,41,44). The van der Waals surface area contributed by atoms with Gasteiger partial charge in [0.25, 0.3) is 0 Å². The number of nitrogens with zero attached hydrogens (tertiary/aromatic N) is 1. The van der Waals surface area contributed by atoms with Crippen molar-refractivity contribution in [1.29, 1.82) is 0 Å². The first-order valence-electron chi connectivity index (χ1n) is 16.1. The van der Waals surface area contributed by atoms with E-state index in [0.29, 0.717) is 14.7 Å². The van der Waals surface area contributed by atoms with Crippen molar-refractivity contribution < 1.29 is 48.5 Å². The Kier molecular flexibility index (Phi) is 14.4. The van der Waals surface area contributed by atoms with E-state index in [-0.39, 0.29) is 36.6 Å². The van der Waals surface area contributed by atoms with Crippen molar-refractivity contribution >= 4 is 59.0 Å². The molecule has 15 heteroatoms. The molecule has 0 heterocycles. The number of hydrogen-bond acceptors (Lipinski definition) is 10. The first kappa shape index (κ1) is 39.7. The van der Waals surface area contributed by atoms with Gasteiger partial charge in [0.15, 0.2) is 0 Å². The van der Waals surface area contributed by atoms with Gasteiger partial charge in [0.2, 0.25) is 11.8 Å². The number of carbonyl (C=O) groups is 4. The van der Waals surface area contributed by atoms with Crippen molar-refractivity contribution in [2.24, 2.45) is 0 Å². The third-order valence-corrected chi connectivity index (χ3v) is 8.86. The lowest BCUT2D eigenvalue weighted by atomic mass is 9.78. The van der Waals surface area contributed by atoms with E-state index in [9.17, 15) is 34.3 Å². The largest absolute Gasteiger partial charge is 0.507 e. The molecular formula is C37H39BIN3O10. The number of esters is 1. The number of phenols is 1. The van der Waals surface area contributed by atoms with Crippen LogP contribution in [0.5, 0.6) is 11.5 Å². The monoisotopic (exact) mass is 823 g/mol. The lowest BCUT2D eigenvalue weighted by molar-refractivity contribution is -0.145. The normalized spacial score (nSPS) is 12.4. The molecular weight excluding hydrogens is 784 g/mol. The summed E-state index contributed by atoms with van der Waals surface area (Å²) in [5.41, 5.74) is 2.48. The third-order valence-electron chi connectivity index (χ3n) is 8.00. The van der Waals surface area contributed by atoms with Gasteiger partial charge in [-0.1, -0.05) is 78.9 Å². The smallest absolute Gasteiger partial charge is 0.492 e. The van der Waals surface area contributed by atoms with Crippen LogP contribution in [-0.2, 0) is 43.5 Å². The van der Waals surface area contributed by atoms with Crippen LogP contribution in [0, 0.1) is 3.57 Å². The highest BCUT2D eigenvalue weighted by atomic mass is 127. The first-order chi connectivity index (χ1) is 24.9. The van der Waals surface area contributed by atoms with Gasteiger partial charge in [-0.15, -0.1) is 0 Å². The van der Waals surface area contributed by atoms with Gasteiger partial charge < -0.3 is 40.0 Å². The van der Waals surface area contributed by atoms with E-state index in [1.165, 1.54) is 44.3 Å². The highest BCUT2D eigenvalue weighted by molar-refractivity contribution is 14.1. The van der Waals surface area contributed by atoms with Crippen LogP contribution in [0.25, 0.3) is 0 Å². The zero-order valence-electron chi connectivity index (χ0n) is 28.7.